The number of hydrogen-bond acceptors (Lipinski definition) is 3. The largest absolute Gasteiger partial charge is 0.363 e. The predicted molar refractivity (Wildman–Crippen MR) is 121 cm³/mol. The summed E-state index contributed by atoms with van der Waals surface area (Å²) in [4.78, 5) is 12.9. The molecule has 0 saturated carbocycles. The first-order chi connectivity index (χ1) is 15.3. The van der Waals surface area contributed by atoms with Crippen LogP contribution < -0.4 is 10.6 Å². The molecule has 0 spiro atoms. The van der Waals surface area contributed by atoms with Crippen LogP contribution >= 0.6 is 0 Å². The quantitative estimate of drug-likeness (QED) is 0.539. The minimum absolute atomic E-state index is 0.175. The molecule has 4 rings (SSSR count). The molecule has 32 heavy (non-hydrogen) atoms. The molecule has 2 aromatic carbocycles. The molecule has 1 aliphatic rings. The molecule has 2 atom stereocenters. The van der Waals surface area contributed by atoms with Crippen molar-refractivity contribution in [2.75, 3.05) is 5.32 Å². The van der Waals surface area contributed by atoms with E-state index in [9.17, 15) is 13.6 Å². The lowest BCUT2D eigenvalue weighted by molar-refractivity contribution is -0.0437. The maximum atomic E-state index is 14.5. The van der Waals surface area contributed by atoms with E-state index in [1.165, 1.54) is 16.4 Å². The third-order valence-electron chi connectivity index (χ3n) is 6.05. The Morgan fingerprint density at radius 1 is 1.16 bits per heavy atom. The van der Waals surface area contributed by atoms with Gasteiger partial charge in [-0.2, -0.15) is 5.10 Å². The van der Waals surface area contributed by atoms with Crippen LogP contribution in [-0.4, -0.2) is 21.6 Å². The molecule has 0 bridgehead atoms. The molecule has 0 saturated heterocycles. The highest BCUT2D eigenvalue weighted by atomic mass is 19.3. The molecule has 0 fully saturated rings. The van der Waals surface area contributed by atoms with E-state index in [1.807, 2.05) is 55.5 Å². The number of halogens is 2. The molecule has 0 radical (unpaired) electrons. The van der Waals surface area contributed by atoms with Gasteiger partial charge >= 0.3 is 0 Å². The number of alkyl halides is 2. The minimum atomic E-state index is -2.99. The van der Waals surface area contributed by atoms with Crippen molar-refractivity contribution < 1.29 is 13.6 Å². The molecule has 3 aromatic rings. The number of hydrogen-bond donors (Lipinski definition) is 2. The number of nitrogens with one attached hydrogen (secondary N) is 2. The number of fused-ring (bicyclic) bond motifs is 1. The molecule has 7 heteroatoms. The fraction of sp³-hybridized carbons (Fsp3) is 0.360. The van der Waals surface area contributed by atoms with Gasteiger partial charge < -0.3 is 10.6 Å². The first-order valence-corrected chi connectivity index (χ1v) is 10.9. The standard InChI is InChI=1S/C25H28F2N4O/c1-4-17-9-11-19(12-10-17)21-13-22(25(3,26)27)31-23(30-21)20(15-29-31)24(32)28-14-18-7-5-16(2)6-8-18/h5-12,15,21-22,30H,4,13-14H2,1-3H3,(H,28,32). The molecule has 0 aliphatic carbocycles. The summed E-state index contributed by atoms with van der Waals surface area (Å²) in [5.74, 6) is -3.01. The van der Waals surface area contributed by atoms with E-state index in [2.05, 4.69) is 22.7 Å². The highest BCUT2D eigenvalue weighted by Crippen LogP contribution is 2.43. The second kappa shape index (κ2) is 8.73. The van der Waals surface area contributed by atoms with Gasteiger partial charge in [-0.1, -0.05) is 61.0 Å². The normalized spacial score (nSPS) is 18.0. The summed E-state index contributed by atoms with van der Waals surface area (Å²) < 4.78 is 30.3. The Morgan fingerprint density at radius 3 is 2.44 bits per heavy atom. The Morgan fingerprint density at radius 2 is 1.81 bits per heavy atom. The minimum Gasteiger partial charge on any atom is -0.363 e. The molecule has 1 amide bonds. The molecule has 2 heterocycles. The molecular weight excluding hydrogens is 410 g/mol. The maximum absolute atomic E-state index is 14.5. The summed E-state index contributed by atoms with van der Waals surface area (Å²) in [5.41, 5.74) is 4.46. The van der Waals surface area contributed by atoms with Gasteiger partial charge in [0, 0.05) is 19.9 Å². The van der Waals surface area contributed by atoms with Crippen LogP contribution in [0.25, 0.3) is 0 Å². The summed E-state index contributed by atoms with van der Waals surface area (Å²) in [5, 5.41) is 10.3. The number of rotatable bonds is 6. The first-order valence-electron chi connectivity index (χ1n) is 10.9. The van der Waals surface area contributed by atoms with Crippen LogP contribution in [0.5, 0.6) is 0 Å². The van der Waals surface area contributed by atoms with E-state index in [1.54, 1.807) is 0 Å². The molecule has 2 N–H and O–H groups in total. The average Bonchev–Trinajstić information content (AvgIpc) is 3.21. The van der Waals surface area contributed by atoms with Gasteiger partial charge in [-0.25, -0.2) is 13.5 Å². The van der Waals surface area contributed by atoms with Gasteiger partial charge in [0.2, 0.25) is 0 Å². The fourth-order valence-corrected chi connectivity index (χ4v) is 4.07. The summed E-state index contributed by atoms with van der Waals surface area (Å²) in [6, 6.07) is 14.3. The third kappa shape index (κ3) is 4.52. The van der Waals surface area contributed by atoms with Crippen LogP contribution in [-0.2, 0) is 13.0 Å². The summed E-state index contributed by atoms with van der Waals surface area (Å²) in [6.45, 7) is 5.32. The van der Waals surface area contributed by atoms with Crippen molar-refractivity contribution in [1.29, 1.82) is 0 Å². The lowest BCUT2D eigenvalue weighted by Gasteiger charge is -2.35. The first kappa shape index (κ1) is 22.0. The summed E-state index contributed by atoms with van der Waals surface area (Å²) >= 11 is 0. The Hall–Kier alpha value is -3.22. The summed E-state index contributed by atoms with van der Waals surface area (Å²) in [6.07, 6.45) is 2.45. The smallest absolute Gasteiger partial charge is 0.267 e. The zero-order valence-electron chi connectivity index (χ0n) is 18.5. The van der Waals surface area contributed by atoms with Crippen LogP contribution in [0, 0.1) is 6.92 Å². The summed E-state index contributed by atoms with van der Waals surface area (Å²) in [7, 11) is 0. The van der Waals surface area contributed by atoms with Crippen LogP contribution in [0.4, 0.5) is 14.6 Å². The van der Waals surface area contributed by atoms with Crippen molar-refractivity contribution in [3.05, 3.63) is 82.5 Å². The van der Waals surface area contributed by atoms with E-state index in [-0.39, 0.29) is 23.9 Å². The van der Waals surface area contributed by atoms with Crippen LogP contribution in [0.3, 0.4) is 0 Å². The number of aromatic nitrogens is 2. The van der Waals surface area contributed by atoms with Gasteiger partial charge in [-0.05, 0) is 30.0 Å². The average molecular weight is 439 g/mol. The highest BCUT2D eigenvalue weighted by molar-refractivity contribution is 5.98. The van der Waals surface area contributed by atoms with Crippen LogP contribution in [0.2, 0.25) is 0 Å². The number of amides is 1. The Labute approximate surface area is 186 Å². The number of benzene rings is 2. The maximum Gasteiger partial charge on any atom is 0.267 e. The van der Waals surface area contributed by atoms with E-state index in [0.29, 0.717) is 12.4 Å². The van der Waals surface area contributed by atoms with E-state index in [4.69, 9.17) is 0 Å². The second-order valence-corrected chi connectivity index (χ2v) is 8.52. The van der Waals surface area contributed by atoms with E-state index in [0.717, 1.165) is 30.0 Å². The van der Waals surface area contributed by atoms with E-state index >= 15 is 0 Å². The Kier molecular flexibility index (Phi) is 6.00. The lowest BCUT2D eigenvalue weighted by atomic mass is 9.93. The van der Waals surface area contributed by atoms with Crippen molar-refractivity contribution in [1.82, 2.24) is 15.1 Å². The van der Waals surface area contributed by atoms with Gasteiger partial charge in [-0.3, -0.25) is 4.79 Å². The zero-order chi connectivity index (χ0) is 22.9. The van der Waals surface area contributed by atoms with Gasteiger partial charge in [0.05, 0.1) is 12.2 Å². The number of carbonyl (C=O) groups excluding carboxylic acids is 1. The third-order valence-corrected chi connectivity index (χ3v) is 6.05. The molecular formula is C25H28F2N4O. The van der Waals surface area contributed by atoms with Gasteiger partial charge in [0.25, 0.3) is 11.8 Å². The Balaban J connectivity index is 1.60. The SMILES string of the molecule is CCc1ccc(C2CC(C(C)(F)F)n3ncc(C(=O)NCc4ccc(C)cc4)c3N2)cc1. The van der Waals surface area contributed by atoms with Crippen molar-refractivity contribution in [3.8, 4) is 0 Å². The topological polar surface area (TPSA) is 59.0 Å². The molecule has 1 aliphatic heterocycles. The van der Waals surface area contributed by atoms with Crippen molar-refractivity contribution in [2.45, 2.75) is 58.2 Å². The Bertz CT molecular complexity index is 1080. The van der Waals surface area contributed by atoms with Crippen molar-refractivity contribution >= 4 is 11.7 Å². The predicted octanol–water partition coefficient (Wildman–Crippen LogP) is 5.44. The van der Waals surface area contributed by atoms with Crippen molar-refractivity contribution in [3.63, 3.8) is 0 Å². The zero-order valence-corrected chi connectivity index (χ0v) is 18.5. The van der Waals surface area contributed by atoms with Gasteiger partial charge in [0.15, 0.2) is 0 Å². The van der Waals surface area contributed by atoms with Crippen molar-refractivity contribution in [2.24, 2.45) is 0 Å². The number of carbonyl (C=O) groups is 1. The number of nitrogens with zero attached hydrogens (tertiary/aromatic N) is 2. The van der Waals surface area contributed by atoms with Gasteiger partial charge in [0.1, 0.15) is 17.4 Å². The lowest BCUT2D eigenvalue weighted by Crippen LogP contribution is -2.37. The monoisotopic (exact) mass is 438 g/mol. The van der Waals surface area contributed by atoms with Crippen LogP contribution in [0.1, 0.15) is 65.0 Å². The number of anilines is 1. The van der Waals surface area contributed by atoms with Gasteiger partial charge in [-0.15, -0.1) is 0 Å². The molecule has 2 unspecified atom stereocenters. The number of aryl methyl sites for hydroxylation is 2. The molecule has 1 aromatic heterocycles. The van der Waals surface area contributed by atoms with E-state index < -0.39 is 12.0 Å². The fourth-order valence-electron chi connectivity index (χ4n) is 4.07. The molecule has 168 valence electrons. The highest BCUT2D eigenvalue weighted by Gasteiger charge is 2.43. The van der Waals surface area contributed by atoms with Crippen LogP contribution in [0.15, 0.2) is 54.7 Å². The second-order valence-electron chi connectivity index (χ2n) is 8.52. The molecule has 5 nitrogen and oxygen atoms in total.